The second kappa shape index (κ2) is 16.0. The molecular weight excluding hydrogens is 697 g/mol. The predicted molar refractivity (Wildman–Crippen MR) is 175 cm³/mol. The van der Waals surface area contributed by atoms with Crippen molar-refractivity contribution in [3.05, 3.63) is 64.7 Å². The molecule has 18 heteroatoms. The van der Waals surface area contributed by atoms with Crippen LogP contribution in [0, 0.1) is 0 Å². The van der Waals surface area contributed by atoms with Gasteiger partial charge in [-0.25, -0.2) is 4.79 Å². The lowest BCUT2D eigenvalue weighted by Crippen LogP contribution is -2.36. The first-order chi connectivity index (χ1) is 24.6. The third-order valence-corrected chi connectivity index (χ3v) is 10.3. The zero-order valence-corrected chi connectivity index (χ0v) is 28.2. The van der Waals surface area contributed by atoms with Crippen molar-refractivity contribution in [3.8, 4) is 5.75 Å². The summed E-state index contributed by atoms with van der Waals surface area (Å²) < 4.78 is 57.8. The zero-order chi connectivity index (χ0) is 36.0. The van der Waals surface area contributed by atoms with Crippen molar-refractivity contribution < 1.29 is 51.4 Å². The Morgan fingerprint density at radius 2 is 1.67 bits per heavy atom. The van der Waals surface area contributed by atoms with Crippen molar-refractivity contribution in [1.82, 2.24) is 21.0 Å². The average Bonchev–Trinajstić information content (AvgIpc) is 3.68. The van der Waals surface area contributed by atoms with Crippen LogP contribution in [-0.4, -0.2) is 97.7 Å². The Kier molecular flexibility index (Phi) is 11.4. The molecule has 3 atom stereocenters. The molecule has 274 valence electrons. The number of hydrogen-bond acceptors (Lipinski definition) is 11. The van der Waals surface area contributed by atoms with Gasteiger partial charge in [-0.15, -0.1) is 15.3 Å². The lowest BCUT2D eigenvalue weighted by Gasteiger charge is -2.19. The van der Waals surface area contributed by atoms with Crippen LogP contribution in [-0.2, 0) is 31.4 Å². The van der Waals surface area contributed by atoms with Crippen molar-refractivity contribution >= 4 is 35.5 Å². The van der Waals surface area contributed by atoms with E-state index in [4.69, 9.17) is 19.0 Å². The van der Waals surface area contributed by atoms with E-state index in [1.54, 1.807) is 12.1 Å². The number of halogens is 3. The summed E-state index contributed by atoms with van der Waals surface area (Å²) in [6.45, 7) is 0.777. The van der Waals surface area contributed by atoms with Gasteiger partial charge < -0.3 is 30.2 Å². The van der Waals surface area contributed by atoms with Crippen molar-refractivity contribution in [2.75, 3.05) is 45.3 Å². The number of carbonyl (C=O) groups is 4. The van der Waals surface area contributed by atoms with Gasteiger partial charge in [-0.1, -0.05) is 30.7 Å². The van der Waals surface area contributed by atoms with Crippen LogP contribution in [0.25, 0.3) is 0 Å². The van der Waals surface area contributed by atoms with Gasteiger partial charge in [0, 0.05) is 35.1 Å². The number of hydrogen-bond donors (Lipinski definition) is 3. The van der Waals surface area contributed by atoms with Gasteiger partial charge >= 0.3 is 17.9 Å². The molecule has 4 aliphatic rings. The maximum absolute atomic E-state index is 13.7. The Morgan fingerprint density at radius 3 is 2.37 bits per heavy atom. The fraction of sp³-hybridized carbons (Fsp3) is 0.515. The molecule has 2 aromatic carbocycles. The summed E-state index contributed by atoms with van der Waals surface area (Å²) in [5.41, 5.74) is -2.28. The maximum Gasteiger partial charge on any atom is 0.442 e. The van der Waals surface area contributed by atoms with E-state index >= 15 is 0 Å². The van der Waals surface area contributed by atoms with Gasteiger partial charge in [0.25, 0.3) is 11.8 Å². The fourth-order valence-corrected chi connectivity index (χ4v) is 7.59. The third-order valence-electron chi connectivity index (χ3n) is 8.78. The third kappa shape index (κ3) is 8.45. The maximum atomic E-state index is 13.7. The van der Waals surface area contributed by atoms with E-state index in [9.17, 15) is 32.3 Å². The van der Waals surface area contributed by atoms with Crippen LogP contribution in [0.5, 0.6) is 5.75 Å². The molecule has 6 rings (SSSR count). The molecule has 0 saturated carbocycles. The molecule has 2 fully saturated rings. The van der Waals surface area contributed by atoms with E-state index < -0.39 is 23.7 Å². The Bertz CT molecular complexity index is 1620. The summed E-state index contributed by atoms with van der Waals surface area (Å²) >= 11 is 1.85. The highest BCUT2D eigenvalue weighted by Crippen LogP contribution is 2.53. The van der Waals surface area contributed by atoms with Crippen LogP contribution in [0.3, 0.4) is 0 Å². The van der Waals surface area contributed by atoms with E-state index in [-0.39, 0.29) is 85.1 Å². The number of imide groups is 1. The van der Waals surface area contributed by atoms with Crippen molar-refractivity contribution in [2.24, 2.45) is 10.2 Å². The molecule has 3 N–H and O–H groups in total. The topological polar surface area (TPSA) is 169 Å². The number of thioether (sulfide) groups is 1. The minimum absolute atomic E-state index is 0.0197. The Morgan fingerprint density at radius 1 is 0.961 bits per heavy atom. The average molecular weight is 735 g/mol. The first kappa shape index (κ1) is 36.5. The molecule has 0 bridgehead atoms. The molecule has 0 radical (unpaired) electrons. The Balaban J connectivity index is 0.870. The van der Waals surface area contributed by atoms with E-state index in [1.165, 1.54) is 24.3 Å². The van der Waals surface area contributed by atoms with Gasteiger partial charge in [-0.2, -0.15) is 24.9 Å². The highest BCUT2D eigenvalue weighted by atomic mass is 32.2. The second-order valence-corrected chi connectivity index (χ2v) is 13.5. The molecule has 2 aromatic rings. The lowest BCUT2D eigenvalue weighted by molar-refractivity contribution is -0.166. The second-order valence-electron chi connectivity index (χ2n) is 12.2. The number of carbonyl (C=O) groups excluding carboxylic acids is 4. The highest BCUT2D eigenvalue weighted by molar-refractivity contribution is 8.00. The SMILES string of the molecule is O=C(CCCC[C@@H]1SC[C@H]2NC(=O)N[C@@H]12)NCCOCCOCCOc1cc(C2(C(F)(F)F)N=N2)ccc1CON1C(=O)c2ccccc2C1=O. The largest absolute Gasteiger partial charge is 0.491 e. The van der Waals surface area contributed by atoms with Crippen LogP contribution in [0.1, 0.15) is 57.5 Å². The molecule has 4 heterocycles. The number of alkyl halides is 3. The number of nitrogens with one attached hydrogen (secondary N) is 3. The summed E-state index contributed by atoms with van der Waals surface area (Å²) in [6, 6.07) is 10.2. The standard InChI is InChI=1S/C33H37F3N6O8S/c34-33(35,36)32(40-41-32)21-10-9-20(18-50-42-29(44)22-5-1-2-6-23(22)30(42)45)25(17-21)49-16-15-48-14-13-47-12-11-37-27(43)8-4-3-7-26-28-24(19-51-26)38-31(46)39-28/h1-2,5-6,9-10,17,24,26,28H,3-4,7-8,11-16,18-19H2,(H,37,43)(H2,38,39,46)/t24-,26+,28-/m1/s1. The minimum Gasteiger partial charge on any atom is -0.491 e. The summed E-state index contributed by atoms with van der Waals surface area (Å²) in [5, 5.41) is 16.2. The summed E-state index contributed by atoms with van der Waals surface area (Å²) in [5.74, 6) is -0.425. The Labute approximate surface area is 295 Å². The van der Waals surface area contributed by atoms with E-state index in [1.807, 2.05) is 11.8 Å². The first-order valence-corrected chi connectivity index (χ1v) is 17.6. The predicted octanol–water partition coefficient (Wildman–Crippen LogP) is 3.85. The van der Waals surface area contributed by atoms with Crippen LogP contribution in [0.4, 0.5) is 18.0 Å². The van der Waals surface area contributed by atoms with Gasteiger partial charge in [-0.05, 0) is 31.0 Å². The van der Waals surface area contributed by atoms with Crippen molar-refractivity contribution in [3.63, 3.8) is 0 Å². The van der Waals surface area contributed by atoms with Gasteiger partial charge in [0.05, 0.1) is 49.6 Å². The van der Waals surface area contributed by atoms with Crippen molar-refractivity contribution in [2.45, 2.75) is 61.5 Å². The number of urea groups is 1. The smallest absolute Gasteiger partial charge is 0.442 e. The number of rotatable bonds is 19. The lowest BCUT2D eigenvalue weighted by atomic mass is 10.0. The van der Waals surface area contributed by atoms with Crippen LogP contribution in [0.2, 0.25) is 0 Å². The zero-order valence-electron chi connectivity index (χ0n) is 27.4. The molecule has 51 heavy (non-hydrogen) atoms. The minimum atomic E-state index is -4.75. The Hall–Kier alpha value is -4.26. The molecule has 0 aliphatic carbocycles. The normalized spacial score (nSPS) is 21.4. The molecular formula is C33H37F3N6O8S. The molecule has 4 aliphatic heterocycles. The quantitative estimate of drug-likeness (QED) is 0.110. The van der Waals surface area contributed by atoms with Gasteiger partial charge in [0.2, 0.25) is 5.91 Å². The highest BCUT2D eigenvalue weighted by Gasteiger charge is 2.65. The number of unbranched alkanes of at least 4 members (excludes halogenated alkanes) is 1. The monoisotopic (exact) mass is 734 g/mol. The molecule has 0 unspecified atom stereocenters. The number of amides is 5. The van der Waals surface area contributed by atoms with E-state index in [2.05, 4.69) is 26.2 Å². The van der Waals surface area contributed by atoms with Crippen LogP contribution in [0.15, 0.2) is 52.7 Å². The van der Waals surface area contributed by atoms with Crippen LogP contribution < -0.4 is 20.7 Å². The summed E-state index contributed by atoms with van der Waals surface area (Å²) in [7, 11) is 0. The van der Waals surface area contributed by atoms with Crippen molar-refractivity contribution in [1.29, 1.82) is 0 Å². The molecule has 5 amide bonds. The van der Waals surface area contributed by atoms with E-state index in [0.29, 0.717) is 29.9 Å². The van der Waals surface area contributed by atoms with Crippen LogP contribution >= 0.6 is 11.8 Å². The molecule has 14 nitrogen and oxygen atoms in total. The van der Waals surface area contributed by atoms with E-state index in [0.717, 1.165) is 31.1 Å². The number of fused-ring (bicyclic) bond motifs is 2. The number of nitrogens with zero attached hydrogens (tertiary/aromatic N) is 3. The molecule has 0 aromatic heterocycles. The fourth-order valence-electron chi connectivity index (χ4n) is 6.04. The number of ether oxygens (including phenoxy) is 3. The first-order valence-electron chi connectivity index (χ1n) is 16.6. The molecule has 2 saturated heterocycles. The molecule has 0 spiro atoms. The summed E-state index contributed by atoms with van der Waals surface area (Å²) in [4.78, 5) is 54.5. The summed E-state index contributed by atoms with van der Waals surface area (Å²) in [6.07, 6.45) is -1.72. The van der Waals surface area contributed by atoms with Gasteiger partial charge in [0.15, 0.2) is 0 Å². The number of hydroxylamine groups is 2. The van der Waals surface area contributed by atoms with Gasteiger partial charge in [-0.3, -0.25) is 19.2 Å². The van der Waals surface area contributed by atoms with Gasteiger partial charge in [0.1, 0.15) is 19.0 Å². The number of benzene rings is 2.